The van der Waals surface area contributed by atoms with E-state index in [2.05, 4.69) is 62.2 Å². The molecule has 0 unspecified atom stereocenters. The number of nitrogen functional groups attached to an aromatic ring is 1. The molecule has 156 valence electrons. The molecule has 3 heterocycles. The number of benzene rings is 1. The van der Waals surface area contributed by atoms with Crippen molar-refractivity contribution in [3.8, 4) is 11.3 Å². The number of nitrogens with zero attached hydrogens (tertiary/aromatic N) is 5. The van der Waals surface area contributed by atoms with Crippen molar-refractivity contribution in [2.75, 3.05) is 5.73 Å². The summed E-state index contributed by atoms with van der Waals surface area (Å²) in [6.07, 6.45) is 12.6. The van der Waals surface area contributed by atoms with E-state index >= 15 is 0 Å². The Bertz CT molecular complexity index is 1160. The average molecular weight is 411 g/mol. The summed E-state index contributed by atoms with van der Waals surface area (Å²) in [6.45, 7) is 4.22. The molecule has 0 bridgehead atoms. The van der Waals surface area contributed by atoms with Gasteiger partial charge in [0.15, 0.2) is 0 Å². The summed E-state index contributed by atoms with van der Waals surface area (Å²) >= 11 is 0. The molecule has 0 aliphatic rings. The van der Waals surface area contributed by atoms with E-state index in [4.69, 9.17) is 5.73 Å². The second kappa shape index (κ2) is 9.43. The zero-order valence-corrected chi connectivity index (χ0v) is 17.9. The van der Waals surface area contributed by atoms with Crippen molar-refractivity contribution in [3.05, 3.63) is 95.0 Å². The second-order valence-electron chi connectivity index (χ2n) is 7.76. The number of aryl methyl sites for hydroxylation is 3. The van der Waals surface area contributed by atoms with E-state index in [0.717, 1.165) is 48.2 Å². The molecule has 0 saturated carbocycles. The predicted octanol–water partition coefficient (Wildman–Crippen LogP) is 4.29. The molecular formula is C25H26N6. The molecule has 0 saturated heterocycles. The van der Waals surface area contributed by atoms with Crippen molar-refractivity contribution in [1.82, 2.24) is 24.9 Å². The van der Waals surface area contributed by atoms with Crippen LogP contribution < -0.4 is 5.73 Å². The van der Waals surface area contributed by atoms with E-state index in [9.17, 15) is 0 Å². The van der Waals surface area contributed by atoms with Crippen molar-refractivity contribution in [1.29, 1.82) is 0 Å². The monoisotopic (exact) mass is 410 g/mol. The Morgan fingerprint density at radius 1 is 0.839 bits per heavy atom. The van der Waals surface area contributed by atoms with Gasteiger partial charge < -0.3 is 5.73 Å². The summed E-state index contributed by atoms with van der Waals surface area (Å²) < 4.78 is 0. The topological polar surface area (TPSA) is 90.5 Å². The zero-order chi connectivity index (χ0) is 21.6. The van der Waals surface area contributed by atoms with E-state index in [1.54, 1.807) is 18.7 Å². The fourth-order valence-corrected chi connectivity index (χ4v) is 3.85. The van der Waals surface area contributed by atoms with Gasteiger partial charge in [0, 0.05) is 36.0 Å². The first-order valence-corrected chi connectivity index (χ1v) is 10.5. The van der Waals surface area contributed by atoms with Gasteiger partial charge in [-0.15, -0.1) is 0 Å². The van der Waals surface area contributed by atoms with E-state index < -0.39 is 0 Å². The summed E-state index contributed by atoms with van der Waals surface area (Å²) in [6, 6.07) is 10.9. The molecule has 0 aliphatic heterocycles. The van der Waals surface area contributed by atoms with Gasteiger partial charge in [0.05, 0.1) is 5.69 Å². The molecule has 6 heteroatoms. The van der Waals surface area contributed by atoms with Crippen LogP contribution in [0.3, 0.4) is 0 Å². The highest BCUT2D eigenvalue weighted by atomic mass is 15.0. The van der Waals surface area contributed by atoms with Crippen molar-refractivity contribution in [2.45, 2.75) is 39.5 Å². The predicted molar refractivity (Wildman–Crippen MR) is 122 cm³/mol. The minimum absolute atomic E-state index is 0.263. The maximum Gasteiger partial charge on any atom is 0.219 e. The summed E-state index contributed by atoms with van der Waals surface area (Å²) in [7, 11) is 0. The van der Waals surface area contributed by atoms with Crippen molar-refractivity contribution in [2.24, 2.45) is 0 Å². The molecule has 3 aromatic heterocycles. The number of hydrogen-bond donors (Lipinski definition) is 1. The van der Waals surface area contributed by atoms with Crippen LogP contribution in [0, 0.1) is 13.8 Å². The minimum Gasteiger partial charge on any atom is -0.368 e. The van der Waals surface area contributed by atoms with E-state index in [-0.39, 0.29) is 5.95 Å². The number of aromatic nitrogens is 5. The Morgan fingerprint density at radius 2 is 1.61 bits per heavy atom. The largest absolute Gasteiger partial charge is 0.368 e. The molecule has 6 nitrogen and oxygen atoms in total. The number of hydrogen-bond acceptors (Lipinski definition) is 6. The lowest BCUT2D eigenvalue weighted by atomic mass is 9.95. The quantitative estimate of drug-likeness (QED) is 0.489. The van der Waals surface area contributed by atoms with Crippen molar-refractivity contribution in [3.63, 3.8) is 0 Å². The van der Waals surface area contributed by atoms with Crippen LogP contribution in [-0.2, 0) is 19.3 Å². The lowest BCUT2D eigenvalue weighted by Gasteiger charge is -2.12. The van der Waals surface area contributed by atoms with Crippen molar-refractivity contribution >= 4 is 5.95 Å². The van der Waals surface area contributed by atoms with Gasteiger partial charge in [-0.05, 0) is 79.5 Å². The molecule has 0 aliphatic carbocycles. The Hall–Kier alpha value is -3.67. The molecule has 0 atom stereocenters. The number of anilines is 1. The zero-order valence-electron chi connectivity index (χ0n) is 17.9. The second-order valence-corrected chi connectivity index (χ2v) is 7.76. The number of rotatable bonds is 7. The van der Waals surface area contributed by atoms with Gasteiger partial charge in [0.25, 0.3) is 0 Å². The maximum atomic E-state index is 5.63. The molecule has 2 N–H and O–H groups in total. The van der Waals surface area contributed by atoms with Crippen LogP contribution in [0.1, 0.15) is 39.9 Å². The molecule has 1 aromatic carbocycles. The first kappa shape index (κ1) is 20.6. The van der Waals surface area contributed by atoms with Crippen LogP contribution >= 0.6 is 0 Å². The average Bonchev–Trinajstić information content (AvgIpc) is 2.77. The van der Waals surface area contributed by atoms with Gasteiger partial charge in [0.2, 0.25) is 5.95 Å². The lowest BCUT2D eigenvalue weighted by Crippen LogP contribution is -2.03. The number of nitrogens with two attached hydrogens (primary N) is 1. The maximum absolute atomic E-state index is 5.63. The van der Waals surface area contributed by atoms with Crippen LogP contribution in [0.5, 0.6) is 0 Å². The van der Waals surface area contributed by atoms with Crippen molar-refractivity contribution < 1.29 is 0 Å². The number of pyridine rings is 1. The van der Waals surface area contributed by atoms with Crippen LogP contribution in [0.2, 0.25) is 0 Å². The van der Waals surface area contributed by atoms with Gasteiger partial charge in [0.1, 0.15) is 6.33 Å². The highest BCUT2D eigenvalue weighted by molar-refractivity contribution is 5.62. The van der Waals surface area contributed by atoms with Crippen LogP contribution in [0.15, 0.2) is 61.4 Å². The summed E-state index contributed by atoms with van der Waals surface area (Å²) in [5.74, 6) is 0.263. The molecule has 31 heavy (non-hydrogen) atoms. The van der Waals surface area contributed by atoms with Gasteiger partial charge >= 0.3 is 0 Å². The first-order valence-electron chi connectivity index (χ1n) is 10.5. The third-order valence-electron chi connectivity index (χ3n) is 5.54. The molecule has 0 amide bonds. The molecular weight excluding hydrogens is 384 g/mol. The van der Waals surface area contributed by atoms with Crippen LogP contribution in [0.25, 0.3) is 11.3 Å². The Labute approximate surface area is 182 Å². The Morgan fingerprint density at radius 3 is 2.35 bits per heavy atom. The van der Waals surface area contributed by atoms with Crippen LogP contribution in [-0.4, -0.2) is 24.9 Å². The van der Waals surface area contributed by atoms with Crippen LogP contribution in [0.4, 0.5) is 5.95 Å². The van der Waals surface area contributed by atoms with E-state index in [1.807, 2.05) is 19.3 Å². The lowest BCUT2D eigenvalue weighted by molar-refractivity contribution is 0.801. The third-order valence-corrected chi connectivity index (χ3v) is 5.54. The SMILES string of the molecule is Cc1cc(Cc2ccncc2)ccc1CCCc1c(C)ncnc1-c1cnc(N)nc1. The molecule has 4 rings (SSSR count). The fraction of sp³-hybridized carbons (Fsp3) is 0.240. The smallest absolute Gasteiger partial charge is 0.219 e. The Balaban J connectivity index is 1.44. The highest BCUT2D eigenvalue weighted by Crippen LogP contribution is 2.24. The third kappa shape index (κ3) is 5.09. The normalized spacial score (nSPS) is 10.9. The summed E-state index contributed by atoms with van der Waals surface area (Å²) in [5.41, 5.74) is 14.8. The van der Waals surface area contributed by atoms with Gasteiger partial charge in [-0.3, -0.25) is 4.98 Å². The Kier molecular flexibility index (Phi) is 6.26. The van der Waals surface area contributed by atoms with Gasteiger partial charge in [-0.25, -0.2) is 19.9 Å². The first-order chi connectivity index (χ1) is 15.1. The molecule has 0 radical (unpaired) electrons. The summed E-state index contributed by atoms with van der Waals surface area (Å²) in [5, 5.41) is 0. The summed E-state index contributed by atoms with van der Waals surface area (Å²) in [4.78, 5) is 21.2. The molecule has 4 aromatic rings. The highest BCUT2D eigenvalue weighted by Gasteiger charge is 2.12. The fourth-order valence-electron chi connectivity index (χ4n) is 3.85. The van der Waals surface area contributed by atoms with Gasteiger partial charge in [-0.2, -0.15) is 0 Å². The van der Waals surface area contributed by atoms with E-state index in [0.29, 0.717) is 0 Å². The minimum atomic E-state index is 0.263. The standard InChI is InChI=1S/C25H26N6/c1-17-12-20(13-19-8-10-27-11-9-19)6-7-21(17)4-3-5-23-18(2)30-16-31-24(23)22-14-28-25(26)29-15-22/h6-12,14-16H,3-5,13H2,1-2H3,(H2,26,28,29). The molecule has 0 spiro atoms. The van der Waals surface area contributed by atoms with Gasteiger partial charge in [-0.1, -0.05) is 18.2 Å². The molecule has 0 fully saturated rings. The van der Waals surface area contributed by atoms with E-state index in [1.165, 1.54) is 22.3 Å².